The van der Waals surface area contributed by atoms with E-state index in [1.807, 2.05) is 11.8 Å². The molecule has 0 aromatic heterocycles. The van der Waals surface area contributed by atoms with Gasteiger partial charge in [0.2, 0.25) is 0 Å². The number of halogens is 1. The monoisotopic (exact) mass is 406 g/mol. The summed E-state index contributed by atoms with van der Waals surface area (Å²) in [4.78, 5) is 14.5. The number of hydroxylamine groups is 2. The van der Waals surface area contributed by atoms with Crippen molar-refractivity contribution in [2.45, 2.75) is 25.1 Å². The molecule has 3 rings (SSSR count). The summed E-state index contributed by atoms with van der Waals surface area (Å²) in [5.74, 6) is -0.344. The molecule has 2 aliphatic rings. The second-order valence-electron chi connectivity index (χ2n) is 7.49. The SMILES string of the molecule is C=C1NC2CN(C[C@H](OC(=O)c3ccc(F)cc3)[C@@H](C)CN1O)C(=C)N[C@H]2CO. The summed E-state index contributed by atoms with van der Waals surface area (Å²) in [6.45, 7) is 10.6. The number of fused-ring (bicyclic) bond motifs is 2. The summed E-state index contributed by atoms with van der Waals surface area (Å²) in [5, 5.41) is 27.3. The van der Waals surface area contributed by atoms with Crippen LogP contribution in [0.3, 0.4) is 0 Å². The first-order chi connectivity index (χ1) is 13.8. The Kier molecular flexibility index (Phi) is 6.29. The van der Waals surface area contributed by atoms with Crippen LogP contribution in [0.2, 0.25) is 0 Å². The fourth-order valence-corrected chi connectivity index (χ4v) is 3.52. The zero-order chi connectivity index (χ0) is 21.1. The number of hydrogen-bond donors (Lipinski definition) is 4. The van der Waals surface area contributed by atoms with E-state index < -0.39 is 17.9 Å². The molecular weight excluding hydrogens is 379 g/mol. The molecule has 2 fully saturated rings. The van der Waals surface area contributed by atoms with Crippen LogP contribution in [0.4, 0.5) is 4.39 Å². The quantitative estimate of drug-likeness (QED) is 0.549. The van der Waals surface area contributed by atoms with Crippen LogP contribution in [0, 0.1) is 11.7 Å². The van der Waals surface area contributed by atoms with Gasteiger partial charge in [-0.15, -0.1) is 0 Å². The average Bonchev–Trinajstić information content (AvgIpc) is 2.69. The van der Waals surface area contributed by atoms with Crippen LogP contribution in [0.15, 0.2) is 49.1 Å². The number of nitrogens with zero attached hydrogens (tertiary/aromatic N) is 2. The average molecular weight is 406 g/mol. The molecule has 2 bridgehead atoms. The van der Waals surface area contributed by atoms with Gasteiger partial charge in [-0.05, 0) is 24.3 Å². The summed E-state index contributed by atoms with van der Waals surface area (Å²) < 4.78 is 18.9. The van der Waals surface area contributed by atoms with Crippen molar-refractivity contribution in [3.05, 3.63) is 60.4 Å². The molecule has 2 saturated heterocycles. The van der Waals surface area contributed by atoms with Crippen molar-refractivity contribution in [1.29, 1.82) is 0 Å². The van der Waals surface area contributed by atoms with E-state index in [-0.39, 0.29) is 36.7 Å². The van der Waals surface area contributed by atoms with Gasteiger partial charge in [0.25, 0.3) is 0 Å². The molecule has 2 heterocycles. The topological polar surface area (TPSA) is 97.3 Å². The highest BCUT2D eigenvalue weighted by Crippen LogP contribution is 2.21. The second kappa shape index (κ2) is 8.71. The third-order valence-corrected chi connectivity index (χ3v) is 5.33. The van der Waals surface area contributed by atoms with Crippen molar-refractivity contribution in [3.8, 4) is 0 Å². The number of carbonyl (C=O) groups excluding carboxylic acids is 1. The predicted molar refractivity (Wildman–Crippen MR) is 104 cm³/mol. The molecule has 8 nitrogen and oxygen atoms in total. The van der Waals surface area contributed by atoms with Gasteiger partial charge in [-0.1, -0.05) is 20.1 Å². The molecule has 0 radical (unpaired) electrons. The van der Waals surface area contributed by atoms with Crippen molar-refractivity contribution in [1.82, 2.24) is 20.6 Å². The number of hydrogen-bond acceptors (Lipinski definition) is 8. The van der Waals surface area contributed by atoms with Crippen molar-refractivity contribution in [2.24, 2.45) is 5.92 Å². The molecule has 2 aliphatic heterocycles. The largest absolute Gasteiger partial charge is 0.457 e. The van der Waals surface area contributed by atoms with E-state index in [0.29, 0.717) is 24.7 Å². The Morgan fingerprint density at radius 3 is 2.55 bits per heavy atom. The lowest BCUT2D eigenvalue weighted by Crippen LogP contribution is -2.63. The van der Waals surface area contributed by atoms with E-state index in [2.05, 4.69) is 23.8 Å². The Labute approximate surface area is 169 Å². The molecule has 0 amide bonds. The first kappa shape index (κ1) is 20.9. The number of aliphatic hydroxyl groups is 1. The van der Waals surface area contributed by atoms with Crippen LogP contribution < -0.4 is 10.6 Å². The summed E-state index contributed by atoms with van der Waals surface area (Å²) in [6, 6.07) is 4.60. The molecule has 1 aromatic carbocycles. The number of aliphatic hydroxyl groups excluding tert-OH is 1. The standard InChI is InChI=1S/C20H27FN4O4/c1-12-8-25(28)14(3)23-17-9-24(13(2)22-18(17)11-26)10-19(12)29-20(27)15-4-6-16(21)7-5-15/h4-7,12,17-19,22-23,26,28H,2-3,8-11H2,1H3/t12-,17?,18-,19-/m0/s1. The molecule has 0 saturated carbocycles. The molecule has 1 unspecified atom stereocenters. The van der Waals surface area contributed by atoms with Gasteiger partial charge in [0.05, 0.1) is 43.2 Å². The zero-order valence-corrected chi connectivity index (χ0v) is 16.3. The molecule has 29 heavy (non-hydrogen) atoms. The van der Waals surface area contributed by atoms with Gasteiger partial charge >= 0.3 is 5.97 Å². The lowest BCUT2D eigenvalue weighted by molar-refractivity contribution is -0.0944. The maximum Gasteiger partial charge on any atom is 0.338 e. The normalized spacial score (nSPS) is 27.7. The Hall–Kier alpha value is -2.78. The number of nitrogens with one attached hydrogen (secondary N) is 2. The van der Waals surface area contributed by atoms with Crippen LogP contribution >= 0.6 is 0 Å². The molecular formula is C20H27FN4O4. The summed E-state index contributed by atoms with van der Waals surface area (Å²) in [7, 11) is 0. The van der Waals surface area contributed by atoms with Crippen LogP contribution in [0.1, 0.15) is 17.3 Å². The van der Waals surface area contributed by atoms with Gasteiger partial charge in [-0.25, -0.2) is 14.2 Å². The van der Waals surface area contributed by atoms with Crippen molar-refractivity contribution in [3.63, 3.8) is 0 Å². The Morgan fingerprint density at radius 1 is 1.21 bits per heavy atom. The highest BCUT2D eigenvalue weighted by molar-refractivity contribution is 5.89. The molecule has 4 N–H and O–H groups in total. The third kappa shape index (κ3) is 4.80. The maximum absolute atomic E-state index is 13.1. The van der Waals surface area contributed by atoms with Crippen LogP contribution in [0.5, 0.6) is 0 Å². The third-order valence-electron chi connectivity index (χ3n) is 5.33. The van der Waals surface area contributed by atoms with Crippen LogP contribution in [-0.2, 0) is 4.74 Å². The number of esters is 1. The summed E-state index contributed by atoms with van der Waals surface area (Å²) in [6.07, 6.45) is -0.571. The van der Waals surface area contributed by atoms with Gasteiger partial charge in [0, 0.05) is 12.5 Å². The molecule has 1 aromatic rings. The fourth-order valence-electron chi connectivity index (χ4n) is 3.52. The number of benzene rings is 1. The molecule has 9 heteroatoms. The second-order valence-corrected chi connectivity index (χ2v) is 7.49. The first-order valence-electron chi connectivity index (χ1n) is 9.48. The van der Waals surface area contributed by atoms with Gasteiger partial charge in [0.15, 0.2) is 0 Å². The van der Waals surface area contributed by atoms with Gasteiger partial charge < -0.3 is 25.4 Å². The van der Waals surface area contributed by atoms with E-state index in [1.165, 1.54) is 24.3 Å². The van der Waals surface area contributed by atoms with E-state index in [0.717, 1.165) is 5.06 Å². The zero-order valence-electron chi connectivity index (χ0n) is 16.3. The lowest BCUT2D eigenvalue weighted by Gasteiger charge is -2.45. The minimum absolute atomic E-state index is 0.122. The van der Waals surface area contributed by atoms with Crippen molar-refractivity contribution in [2.75, 3.05) is 26.2 Å². The smallest absolute Gasteiger partial charge is 0.338 e. The molecule has 0 spiro atoms. The maximum atomic E-state index is 13.1. The molecule has 0 aliphatic carbocycles. The number of rotatable bonds is 3. The Morgan fingerprint density at radius 2 is 1.90 bits per heavy atom. The fraction of sp³-hybridized carbons (Fsp3) is 0.450. The van der Waals surface area contributed by atoms with Crippen molar-refractivity contribution < 1.29 is 24.2 Å². The summed E-state index contributed by atoms with van der Waals surface area (Å²) in [5.41, 5.74) is 0.247. The van der Waals surface area contributed by atoms with E-state index in [1.54, 1.807) is 0 Å². The van der Waals surface area contributed by atoms with E-state index in [9.17, 15) is 19.5 Å². The number of ether oxygens (including phenoxy) is 1. The lowest BCUT2D eigenvalue weighted by atomic mass is 10.00. The Balaban J connectivity index is 1.81. The van der Waals surface area contributed by atoms with Crippen molar-refractivity contribution >= 4 is 5.97 Å². The van der Waals surface area contributed by atoms with Crippen LogP contribution in [0.25, 0.3) is 0 Å². The molecule has 158 valence electrons. The minimum Gasteiger partial charge on any atom is -0.457 e. The van der Waals surface area contributed by atoms with Crippen LogP contribution in [-0.4, -0.2) is 70.7 Å². The number of carbonyl (C=O) groups is 1. The van der Waals surface area contributed by atoms with Gasteiger partial charge in [-0.3, -0.25) is 5.21 Å². The minimum atomic E-state index is -0.571. The first-order valence-corrected chi connectivity index (χ1v) is 9.48. The van der Waals surface area contributed by atoms with Gasteiger partial charge in [0.1, 0.15) is 17.7 Å². The molecule has 4 atom stereocenters. The van der Waals surface area contributed by atoms with Gasteiger partial charge in [-0.2, -0.15) is 0 Å². The summed E-state index contributed by atoms with van der Waals surface area (Å²) >= 11 is 0. The predicted octanol–water partition coefficient (Wildman–Crippen LogP) is 0.859. The highest BCUT2D eigenvalue weighted by Gasteiger charge is 2.36. The Bertz CT molecular complexity index is 772. The highest BCUT2D eigenvalue weighted by atomic mass is 19.1. The van der Waals surface area contributed by atoms with E-state index >= 15 is 0 Å². The van der Waals surface area contributed by atoms with E-state index in [4.69, 9.17) is 4.74 Å².